The average molecular weight is 234 g/mol. The zero-order valence-electron chi connectivity index (χ0n) is 10.8. The topological polar surface area (TPSA) is 38.5 Å². The number of benzene rings is 1. The smallest absolute Gasteiger partial charge is 0.144 e. The first-order chi connectivity index (χ1) is 8.18. The summed E-state index contributed by atoms with van der Waals surface area (Å²) in [7, 11) is 0. The first-order valence-electron chi connectivity index (χ1n) is 6.48. The van der Waals surface area contributed by atoms with Crippen LogP contribution in [0.25, 0.3) is 0 Å². The molecule has 94 valence electrons. The van der Waals surface area contributed by atoms with E-state index in [1.54, 1.807) is 0 Å². The molecule has 2 rings (SSSR count). The van der Waals surface area contributed by atoms with Gasteiger partial charge in [-0.3, -0.25) is 0 Å². The minimum absolute atomic E-state index is 0.161. The number of ether oxygens (including phenoxy) is 1. The highest BCUT2D eigenvalue weighted by molar-refractivity contribution is 5.74. The normalized spacial score (nSPS) is 16.3. The van der Waals surface area contributed by atoms with Crippen LogP contribution in [0.15, 0.2) is 18.2 Å². The second-order valence-corrected chi connectivity index (χ2v) is 4.90. The Kier molecular flexibility index (Phi) is 3.77. The molecule has 0 aromatic heterocycles. The summed E-state index contributed by atoms with van der Waals surface area (Å²) in [5, 5.41) is 0. The van der Waals surface area contributed by atoms with Crippen molar-refractivity contribution in [3.05, 3.63) is 18.2 Å². The Hall–Kier alpha value is -1.38. The molecule has 0 saturated carbocycles. The molecule has 0 atom stereocenters. The molecule has 0 aliphatic carbocycles. The van der Waals surface area contributed by atoms with Crippen molar-refractivity contribution in [1.29, 1.82) is 0 Å². The fourth-order valence-electron chi connectivity index (χ4n) is 2.30. The summed E-state index contributed by atoms with van der Waals surface area (Å²) in [6.45, 7) is 6.25. The standard InChI is InChI=1S/C14H22N2O/c1-11(2)17-13-8-6-7-12(14(13)15)16-9-4-3-5-10-16/h6-8,11H,3-5,9-10,15H2,1-2H3. The number of hydrogen-bond acceptors (Lipinski definition) is 3. The van der Waals surface area contributed by atoms with Crippen molar-refractivity contribution in [2.75, 3.05) is 23.7 Å². The van der Waals surface area contributed by atoms with Crippen molar-refractivity contribution >= 4 is 11.4 Å². The van der Waals surface area contributed by atoms with Crippen LogP contribution in [0.1, 0.15) is 33.1 Å². The molecule has 0 amide bonds. The van der Waals surface area contributed by atoms with Gasteiger partial charge in [-0.15, -0.1) is 0 Å². The summed E-state index contributed by atoms with van der Waals surface area (Å²) in [4.78, 5) is 2.37. The van der Waals surface area contributed by atoms with Gasteiger partial charge in [0.1, 0.15) is 5.75 Å². The van der Waals surface area contributed by atoms with Gasteiger partial charge < -0.3 is 15.4 Å². The largest absolute Gasteiger partial charge is 0.489 e. The van der Waals surface area contributed by atoms with Crippen molar-refractivity contribution < 1.29 is 4.74 Å². The number of anilines is 2. The van der Waals surface area contributed by atoms with Crippen LogP contribution in [0.3, 0.4) is 0 Å². The molecule has 3 nitrogen and oxygen atoms in total. The van der Waals surface area contributed by atoms with Crippen LogP contribution in [0.4, 0.5) is 11.4 Å². The Balaban J connectivity index is 2.21. The maximum Gasteiger partial charge on any atom is 0.144 e. The van der Waals surface area contributed by atoms with Gasteiger partial charge in [-0.25, -0.2) is 0 Å². The van der Waals surface area contributed by atoms with Crippen molar-refractivity contribution in [2.24, 2.45) is 0 Å². The second kappa shape index (κ2) is 5.30. The SMILES string of the molecule is CC(C)Oc1cccc(N2CCCCC2)c1N. The number of hydrogen-bond donors (Lipinski definition) is 1. The highest BCUT2D eigenvalue weighted by Gasteiger charge is 2.15. The molecular weight excluding hydrogens is 212 g/mol. The molecule has 0 radical (unpaired) electrons. The van der Waals surface area contributed by atoms with Gasteiger partial charge >= 0.3 is 0 Å². The summed E-state index contributed by atoms with van der Waals surface area (Å²) in [6, 6.07) is 6.06. The maximum atomic E-state index is 6.20. The average Bonchev–Trinajstić information content (AvgIpc) is 2.32. The summed E-state index contributed by atoms with van der Waals surface area (Å²) in [5.41, 5.74) is 8.10. The van der Waals surface area contributed by atoms with E-state index in [0.29, 0.717) is 0 Å². The van der Waals surface area contributed by atoms with Crippen LogP contribution in [-0.4, -0.2) is 19.2 Å². The van der Waals surface area contributed by atoms with Crippen molar-refractivity contribution in [3.63, 3.8) is 0 Å². The van der Waals surface area contributed by atoms with Crippen LogP contribution < -0.4 is 15.4 Å². The van der Waals surface area contributed by atoms with Gasteiger partial charge in [0.25, 0.3) is 0 Å². The molecule has 1 aliphatic heterocycles. The summed E-state index contributed by atoms with van der Waals surface area (Å²) in [5.74, 6) is 0.808. The molecule has 0 bridgehead atoms. The van der Waals surface area contributed by atoms with E-state index in [1.807, 2.05) is 26.0 Å². The number of nitrogens with zero attached hydrogens (tertiary/aromatic N) is 1. The van der Waals surface area contributed by atoms with Crippen LogP contribution >= 0.6 is 0 Å². The summed E-state index contributed by atoms with van der Waals surface area (Å²) >= 11 is 0. The number of piperidine rings is 1. The third-order valence-electron chi connectivity index (χ3n) is 3.10. The Labute approximate surface area is 104 Å². The fraction of sp³-hybridized carbons (Fsp3) is 0.571. The predicted molar refractivity (Wildman–Crippen MR) is 72.7 cm³/mol. The number of rotatable bonds is 3. The molecule has 2 N–H and O–H groups in total. The van der Waals surface area contributed by atoms with Crippen LogP contribution in [0, 0.1) is 0 Å². The lowest BCUT2D eigenvalue weighted by molar-refractivity contribution is 0.244. The van der Waals surface area contributed by atoms with Gasteiger partial charge in [0.15, 0.2) is 0 Å². The van der Waals surface area contributed by atoms with Gasteiger partial charge in [0.05, 0.1) is 17.5 Å². The van der Waals surface area contributed by atoms with E-state index in [1.165, 1.54) is 19.3 Å². The summed E-state index contributed by atoms with van der Waals surface area (Å²) < 4.78 is 5.72. The Morgan fingerprint density at radius 1 is 1.18 bits per heavy atom. The predicted octanol–water partition coefficient (Wildman–Crippen LogP) is 3.05. The van der Waals surface area contributed by atoms with Crippen molar-refractivity contribution in [3.8, 4) is 5.75 Å². The number of nitrogens with two attached hydrogens (primary N) is 1. The highest BCUT2D eigenvalue weighted by atomic mass is 16.5. The molecule has 0 unspecified atom stereocenters. The Bertz CT molecular complexity index is 370. The van der Waals surface area contributed by atoms with E-state index in [9.17, 15) is 0 Å². The minimum atomic E-state index is 0.161. The van der Waals surface area contributed by atoms with E-state index in [2.05, 4.69) is 11.0 Å². The lowest BCUT2D eigenvalue weighted by atomic mass is 10.1. The van der Waals surface area contributed by atoms with E-state index in [0.717, 1.165) is 30.2 Å². The van der Waals surface area contributed by atoms with E-state index >= 15 is 0 Å². The van der Waals surface area contributed by atoms with E-state index in [-0.39, 0.29) is 6.10 Å². The van der Waals surface area contributed by atoms with Gasteiger partial charge in [-0.2, -0.15) is 0 Å². The number of para-hydroxylation sites is 1. The van der Waals surface area contributed by atoms with Gasteiger partial charge in [-0.1, -0.05) is 6.07 Å². The third kappa shape index (κ3) is 2.84. The van der Waals surface area contributed by atoms with Crippen LogP contribution in [0.5, 0.6) is 5.75 Å². The highest BCUT2D eigenvalue weighted by Crippen LogP contribution is 2.34. The molecule has 17 heavy (non-hydrogen) atoms. The quantitative estimate of drug-likeness (QED) is 0.817. The lowest BCUT2D eigenvalue weighted by Gasteiger charge is -2.30. The van der Waals surface area contributed by atoms with Crippen molar-refractivity contribution in [1.82, 2.24) is 0 Å². The second-order valence-electron chi connectivity index (χ2n) is 4.90. The first-order valence-corrected chi connectivity index (χ1v) is 6.48. The van der Waals surface area contributed by atoms with E-state index in [4.69, 9.17) is 10.5 Å². The number of nitrogen functional groups attached to an aromatic ring is 1. The molecule has 1 aromatic rings. The van der Waals surface area contributed by atoms with Crippen LogP contribution in [-0.2, 0) is 0 Å². The monoisotopic (exact) mass is 234 g/mol. The Morgan fingerprint density at radius 3 is 2.53 bits per heavy atom. The third-order valence-corrected chi connectivity index (χ3v) is 3.10. The van der Waals surface area contributed by atoms with Crippen molar-refractivity contribution in [2.45, 2.75) is 39.2 Å². The molecule has 1 saturated heterocycles. The maximum absolute atomic E-state index is 6.20. The zero-order chi connectivity index (χ0) is 12.3. The molecule has 1 aliphatic rings. The lowest BCUT2D eigenvalue weighted by Crippen LogP contribution is -2.30. The zero-order valence-corrected chi connectivity index (χ0v) is 10.8. The molecule has 3 heteroatoms. The molecule has 1 aromatic carbocycles. The van der Waals surface area contributed by atoms with Crippen LogP contribution in [0.2, 0.25) is 0 Å². The molecule has 1 heterocycles. The van der Waals surface area contributed by atoms with E-state index < -0.39 is 0 Å². The fourth-order valence-corrected chi connectivity index (χ4v) is 2.30. The molecule has 0 spiro atoms. The Morgan fingerprint density at radius 2 is 1.88 bits per heavy atom. The van der Waals surface area contributed by atoms with Gasteiger partial charge in [0, 0.05) is 13.1 Å². The minimum Gasteiger partial charge on any atom is -0.489 e. The van der Waals surface area contributed by atoms with Gasteiger partial charge in [-0.05, 0) is 45.2 Å². The van der Waals surface area contributed by atoms with Gasteiger partial charge in [0.2, 0.25) is 0 Å². The summed E-state index contributed by atoms with van der Waals surface area (Å²) in [6.07, 6.45) is 4.01. The molecular formula is C14H22N2O. The first kappa shape index (κ1) is 12.1. The molecule has 1 fully saturated rings.